The first-order chi connectivity index (χ1) is 9.09. The summed E-state index contributed by atoms with van der Waals surface area (Å²) in [4.78, 5) is 23.1. The standard InChI is InChI=1S/C14H19NO4/c16-13(17)8-4-10-15(11-5-9-14(18)19)12-6-2-1-3-7-12/h1-3,6-7H,4-5,8-11H2,(H,16,17)(H,18,19). The molecule has 0 saturated carbocycles. The van der Waals surface area contributed by atoms with Gasteiger partial charge in [-0.15, -0.1) is 0 Å². The Morgan fingerprint density at radius 1 is 0.895 bits per heavy atom. The summed E-state index contributed by atoms with van der Waals surface area (Å²) in [6.07, 6.45) is 1.36. The molecule has 0 spiro atoms. The lowest BCUT2D eigenvalue weighted by Gasteiger charge is -2.24. The Bertz CT molecular complexity index is 385. The van der Waals surface area contributed by atoms with Gasteiger partial charge < -0.3 is 15.1 Å². The predicted octanol–water partition coefficient (Wildman–Crippen LogP) is 2.22. The zero-order valence-electron chi connectivity index (χ0n) is 10.8. The highest BCUT2D eigenvalue weighted by atomic mass is 16.4. The summed E-state index contributed by atoms with van der Waals surface area (Å²) < 4.78 is 0. The molecule has 0 saturated heterocycles. The molecule has 0 atom stereocenters. The van der Waals surface area contributed by atoms with Crippen LogP contribution in [0.25, 0.3) is 0 Å². The highest BCUT2D eigenvalue weighted by molar-refractivity contribution is 5.67. The van der Waals surface area contributed by atoms with E-state index in [0.29, 0.717) is 25.9 Å². The Morgan fingerprint density at radius 2 is 1.37 bits per heavy atom. The summed E-state index contributed by atoms with van der Waals surface area (Å²) in [5, 5.41) is 17.3. The average Bonchev–Trinajstić information content (AvgIpc) is 2.37. The quantitative estimate of drug-likeness (QED) is 0.716. The topological polar surface area (TPSA) is 77.8 Å². The summed E-state index contributed by atoms with van der Waals surface area (Å²) in [5.74, 6) is -1.61. The highest BCUT2D eigenvalue weighted by Crippen LogP contribution is 2.15. The van der Waals surface area contributed by atoms with Gasteiger partial charge in [0.25, 0.3) is 0 Å². The van der Waals surface area contributed by atoms with E-state index in [2.05, 4.69) is 0 Å². The second-order valence-electron chi connectivity index (χ2n) is 4.32. The number of hydrogen-bond acceptors (Lipinski definition) is 3. The lowest BCUT2D eigenvalue weighted by Crippen LogP contribution is -2.26. The molecule has 5 nitrogen and oxygen atoms in total. The third-order valence-electron chi connectivity index (χ3n) is 2.76. The second-order valence-corrected chi connectivity index (χ2v) is 4.32. The number of aliphatic carboxylic acids is 2. The molecular weight excluding hydrogens is 246 g/mol. The molecule has 0 radical (unpaired) electrons. The van der Waals surface area contributed by atoms with Crippen molar-refractivity contribution >= 4 is 17.6 Å². The van der Waals surface area contributed by atoms with Crippen LogP contribution < -0.4 is 4.90 Å². The molecular formula is C14H19NO4. The van der Waals surface area contributed by atoms with Crippen molar-refractivity contribution in [1.29, 1.82) is 0 Å². The summed E-state index contributed by atoms with van der Waals surface area (Å²) in [5.41, 5.74) is 0.998. The minimum absolute atomic E-state index is 0.127. The number of carbonyl (C=O) groups is 2. The van der Waals surface area contributed by atoms with Gasteiger partial charge in [-0.3, -0.25) is 9.59 Å². The van der Waals surface area contributed by atoms with Gasteiger partial charge in [0.2, 0.25) is 0 Å². The molecule has 0 aliphatic carbocycles. The van der Waals surface area contributed by atoms with Crippen molar-refractivity contribution in [1.82, 2.24) is 0 Å². The van der Waals surface area contributed by atoms with E-state index in [0.717, 1.165) is 5.69 Å². The molecule has 2 N–H and O–H groups in total. The third kappa shape index (κ3) is 6.45. The number of anilines is 1. The van der Waals surface area contributed by atoms with Crippen LogP contribution in [0.4, 0.5) is 5.69 Å². The van der Waals surface area contributed by atoms with Crippen LogP contribution in [0, 0.1) is 0 Å². The third-order valence-corrected chi connectivity index (χ3v) is 2.76. The summed E-state index contributed by atoms with van der Waals surface area (Å²) >= 11 is 0. The number of nitrogens with zero attached hydrogens (tertiary/aromatic N) is 1. The molecule has 5 heteroatoms. The van der Waals surface area contributed by atoms with Crippen LogP contribution in [-0.2, 0) is 9.59 Å². The highest BCUT2D eigenvalue weighted by Gasteiger charge is 2.08. The van der Waals surface area contributed by atoms with Crippen molar-refractivity contribution in [3.8, 4) is 0 Å². The van der Waals surface area contributed by atoms with Gasteiger partial charge in [0.15, 0.2) is 0 Å². The number of hydrogen-bond donors (Lipinski definition) is 2. The summed E-state index contributed by atoms with van der Waals surface area (Å²) in [6.45, 7) is 1.24. The average molecular weight is 265 g/mol. The Kier molecular flexibility index (Phi) is 6.43. The number of carboxylic acid groups (broad SMARTS) is 2. The minimum atomic E-state index is -0.807. The van der Waals surface area contributed by atoms with Crippen LogP contribution in [0.2, 0.25) is 0 Å². The molecule has 0 bridgehead atoms. The van der Waals surface area contributed by atoms with E-state index in [1.54, 1.807) is 0 Å². The molecule has 19 heavy (non-hydrogen) atoms. The van der Waals surface area contributed by atoms with Crippen LogP contribution in [0.1, 0.15) is 25.7 Å². The molecule has 0 fully saturated rings. The van der Waals surface area contributed by atoms with Gasteiger partial charge >= 0.3 is 11.9 Å². The summed E-state index contributed by atoms with van der Waals surface area (Å²) in [7, 11) is 0. The van der Waals surface area contributed by atoms with Gasteiger partial charge in [0.05, 0.1) is 0 Å². The maximum atomic E-state index is 10.5. The second kappa shape index (κ2) is 8.13. The Hall–Kier alpha value is -2.04. The van der Waals surface area contributed by atoms with Gasteiger partial charge in [-0.1, -0.05) is 18.2 Å². The Morgan fingerprint density at radius 3 is 1.79 bits per heavy atom. The van der Waals surface area contributed by atoms with Crippen molar-refractivity contribution in [2.75, 3.05) is 18.0 Å². The monoisotopic (exact) mass is 265 g/mol. The van der Waals surface area contributed by atoms with Gasteiger partial charge in [-0.25, -0.2) is 0 Å². The van der Waals surface area contributed by atoms with Crippen LogP contribution in [0.5, 0.6) is 0 Å². The van der Waals surface area contributed by atoms with Crippen molar-refractivity contribution in [2.24, 2.45) is 0 Å². The molecule has 0 aliphatic heterocycles. The smallest absolute Gasteiger partial charge is 0.303 e. The number of para-hydroxylation sites is 1. The van der Waals surface area contributed by atoms with Gasteiger partial charge in [-0.05, 0) is 25.0 Å². The fourth-order valence-corrected chi connectivity index (χ4v) is 1.85. The van der Waals surface area contributed by atoms with Crippen LogP contribution in [0.3, 0.4) is 0 Å². The summed E-state index contributed by atoms with van der Waals surface area (Å²) in [6, 6.07) is 9.63. The van der Waals surface area contributed by atoms with Crippen LogP contribution in [-0.4, -0.2) is 35.2 Å². The first-order valence-electron chi connectivity index (χ1n) is 6.33. The largest absolute Gasteiger partial charge is 0.481 e. The van der Waals surface area contributed by atoms with E-state index in [-0.39, 0.29) is 12.8 Å². The zero-order valence-corrected chi connectivity index (χ0v) is 10.8. The van der Waals surface area contributed by atoms with E-state index in [1.165, 1.54) is 0 Å². The zero-order chi connectivity index (χ0) is 14.1. The number of benzene rings is 1. The maximum absolute atomic E-state index is 10.5. The molecule has 1 aromatic carbocycles. The van der Waals surface area contributed by atoms with E-state index in [1.807, 2.05) is 35.2 Å². The molecule has 0 heterocycles. The lowest BCUT2D eigenvalue weighted by atomic mass is 10.2. The molecule has 0 aromatic heterocycles. The van der Waals surface area contributed by atoms with E-state index in [4.69, 9.17) is 10.2 Å². The molecule has 0 aliphatic rings. The van der Waals surface area contributed by atoms with Gasteiger partial charge in [0.1, 0.15) is 0 Å². The molecule has 0 unspecified atom stereocenters. The van der Waals surface area contributed by atoms with E-state index >= 15 is 0 Å². The van der Waals surface area contributed by atoms with Crippen LogP contribution in [0.15, 0.2) is 30.3 Å². The van der Waals surface area contributed by atoms with Crippen molar-refractivity contribution in [2.45, 2.75) is 25.7 Å². The predicted molar refractivity (Wildman–Crippen MR) is 72.4 cm³/mol. The van der Waals surface area contributed by atoms with Gasteiger partial charge in [-0.2, -0.15) is 0 Å². The SMILES string of the molecule is O=C(O)CCCN(CCCC(=O)O)c1ccccc1. The first-order valence-corrected chi connectivity index (χ1v) is 6.33. The molecule has 1 aromatic rings. The van der Waals surface area contributed by atoms with E-state index < -0.39 is 11.9 Å². The number of rotatable bonds is 9. The lowest BCUT2D eigenvalue weighted by molar-refractivity contribution is -0.138. The number of carboxylic acids is 2. The molecule has 104 valence electrons. The Labute approximate surface area is 112 Å². The normalized spacial score (nSPS) is 10.1. The van der Waals surface area contributed by atoms with Crippen LogP contribution >= 0.6 is 0 Å². The minimum Gasteiger partial charge on any atom is -0.481 e. The van der Waals surface area contributed by atoms with E-state index in [9.17, 15) is 9.59 Å². The van der Waals surface area contributed by atoms with Crippen molar-refractivity contribution in [3.63, 3.8) is 0 Å². The molecule has 1 rings (SSSR count). The fourth-order valence-electron chi connectivity index (χ4n) is 1.85. The fraction of sp³-hybridized carbons (Fsp3) is 0.429. The van der Waals surface area contributed by atoms with Gasteiger partial charge in [0, 0.05) is 31.6 Å². The Balaban J connectivity index is 2.52. The van der Waals surface area contributed by atoms with Crippen molar-refractivity contribution in [3.05, 3.63) is 30.3 Å². The van der Waals surface area contributed by atoms with Crippen molar-refractivity contribution < 1.29 is 19.8 Å². The molecule has 0 amide bonds. The first kappa shape index (κ1) is 15.0. The maximum Gasteiger partial charge on any atom is 0.303 e.